The first-order valence-electron chi connectivity index (χ1n) is 9.33. The van der Waals surface area contributed by atoms with Crippen molar-refractivity contribution in [2.24, 2.45) is 5.92 Å². The molecule has 7 nitrogen and oxygen atoms in total. The van der Waals surface area contributed by atoms with Gasteiger partial charge in [-0.2, -0.15) is 43.9 Å². The Morgan fingerprint density at radius 3 is 1.83 bits per heavy atom. The molecule has 0 amide bonds. The monoisotopic (exact) mass is 559 g/mol. The molecule has 0 spiro atoms. The highest BCUT2D eigenvalue weighted by Crippen LogP contribution is 2.46. The maximum Gasteiger partial charge on any atom is 0.426 e. The van der Waals surface area contributed by atoms with Crippen LogP contribution in [0, 0.1) is 5.92 Å². The number of esters is 1. The van der Waals surface area contributed by atoms with Crippen LogP contribution in [0.15, 0.2) is 12.2 Å². The van der Waals surface area contributed by atoms with Gasteiger partial charge in [-0.05, 0) is 12.3 Å². The van der Waals surface area contributed by atoms with Crippen molar-refractivity contribution in [3.8, 4) is 0 Å². The molecule has 0 saturated heterocycles. The van der Waals surface area contributed by atoms with Crippen molar-refractivity contribution in [2.45, 2.75) is 68.3 Å². The summed E-state index contributed by atoms with van der Waals surface area (Å²) in [7, 11) is -6.75. The topological polar surface area (TPSA) is 113 Å². The molecular weight excluding hydrogens is 538 g/mol. The maximum atomic E-state index is 13.3. The SMILES string of the molecule is C=C(COCCC(F)(F)C(F)(F)S(=O)(=O)[O-])C(=O)OC(CC(C)C)CC(O)(C(F)(F)F)C(F)(F)F. The molecule has 0 aromatic carbocycles. The average Bonchev–Trinajstić information content (AvgIpc) is 2.61. The second-order valence-electron chi connectivity index (χ2n) is 7.80. The number of carbonyl (C=O) groups is 1. The van der Waals surface area contributed by atoms with E-state index in [1.807, 2.05) is 0 Å². The van der Waals surface area contributed by atoms with E-state index in [-0.39, 0.29) is 0 Å². The first-order valence-corrected chi connectivity index (χ1v) is 10.7. The van der Waals surface area contributed by atoms with Crippen LogP contribution >= 0.6 is 0 Å². The fourth-order valence-corrected chi connectivity index (χ4v) is 2.91. The molecule has 0 rings (SSSR count). The predicted molar refractivity (Wildman–Crippen MR) is 95.2 cm³/mol. The third-order valence-corrected chi connectivity index (χ3v) is 5.26. The first kappa shape index (κ1) is 33.3. The number of ether oxygens (including phenoxy) is 2. The van der Waals surface area contributed by atoms with Crippen LogP contribution in [0.25, 0.3) is 0 Å². The van der Waals surface area contributed by atoms with Crippen molar-refractivity contribution in [2.75, 3.05) is 13.2 Å². The minimum absolute atomic E-state index is 0.584. The predicted octanol–water partition coefficient (Wildman–Crippen LogP) is 3.93. The van der Waals surface area contributed by atoms with Crippen LogP contribution in [0.2, 0.25) is 0 Å². The van der Waals surface area contributed by atoms with E-state index in [0.29, 0.717) is 0 Å². The van der Waals surface area contributed by atoms with Gasteiger partial charge < -0.3 is 19.1 Å². The summed E-state index contributed by atoms with van der Waals surface area (Å²) in [5.74, 6) is -7.66. The number of aliphatic hydroxyl groups is 1. The van der Waals surface area contributed by atoms with Crippen molar-refractivity contribution < 1.29 is 76.2 Å². The van der Waals surface area contributed by atoms with Gasteiger partial charge in [0.2, 0.25) is 0 Å². The summed E-state index contributed by atoms with van der Waals surface area (Å²) in [6.07, 6.45) is -19.3. The molecule has 0 aliphatic carbocycles. The first-order chi connectivity index (χ1) is 15.3. The third-order valence-electron chi connectivity index (χ3n) is 4.33. The van der Waals surface area contributed by atoms with Crippen LogP contribution in [0.3, 0.4) is 0 Å². The number of halogens is 10. The van der Waals surface area contributed by atoms with Crippen LogP contribution in [-0.2, 0) is 24.4 Å². The van der Waals surface area contributed by atoms with E-state index in [2.05, 4.69) is 16.1 Å². The molecule has 208 valence electrons. The fraction of sp³-hybridized carbons (Fsp3) is 0.824. The van der Waals surface area contributed by atoms with Gasteiger partial charge in [0, 0.05) is 12.8 Å². The van der Waals surface area contributed by atoms with Crippen LogP contribution in [0.1, 0.15) is 33.1 Å². The summed E-state index contributed by atoms with van der Waals surface area (Å²) in [5.41, 5.74) is -6.09. The Hall–Kier alpha value is -1.66. The molecule has 0 fully saturated rings. The third kappa shape index (κ3) is 8.45. The molecule has 0 saturated carbocycles. The van der Waals surface area contributed by atoms with Crippen molar-refractivity contribution in [1.82, 2.24) is 0 Å². The van der Waals surface area contributed by atoms with Gasteiger partial charge in [0.15, 0.2) is 10.1 Å². The van der Waals surface area contributed by atoms with Crippen LogP contribution in [-0.4, -0.2) is 72.5 Å². The molecule has 0 bridgehead atoms. The molecule has 1 atom stereocenters. The lowest BCUT2D eigenvalue weighted by atomic mass is 9.90. The summed E-state index contributed by atoms with van der Waals surface area (Å²) in [6.45, 7) is 3.23. The molecule has 1 N–H and O–H groups in total. The van der Waals surface area contributed by atoms with Crippen LogP contribution < -0.4 is 0 Å². The maximum absolute atomic E-state index is 13.3. The van der Waals surface area contributed by atoms with Crippen molar-refractivity contribution in [3.05, 3.63) is 12.2 Å². The van der Waals surface area contributed by atoms with Crippen molar-refractivity contribution >= 4 is 16.1 Å². The molecular formula is C17H21F10O7S-. The normalized spacial score (nSPS) is 15.3. The molecule has 1 unspecified atom stereocenters. The number of carbonyl (C=O) groups excluding carboxylic acids is 1. The molecule has 0 aromatic heterocycles. The van der Waals surface area contributed by atoms with E-state index in [1.165, 1.54) is 13.8 Å². The summed E-state index contributed by atoms with van der Waals surface area (Å²) in [5, 5.41) is 3.32. The van der Waals surface area contributed by atoms with Gasteiger partial charge in [-0.15, -0.1) is 0 Å². The standard InChI is InChI=1S/C17H22F10O7S/c1-9(2)6-11(7-13(29,15(20,21)22)16(23,24)25)34-12(28)10(3)8-33-5-4-14(18,19)17(26,27)35(30,31)32/h9,11,29H,3-8H2,1-2H3,(H,30,31,32)/p-1. The Morgan fingerprint density at radius 2 is 1.46 bits per heavy atom. The van der Waals surface area contributed by atoms with Gasteiger partial charge >= 0.3 is 29.5 Å². The van der Waals surface area contributed by atoms with Crippen molar-refractivity contribution in [3.63, 3.8) is 0 Å². The second kappa shape index (κ2) is 11.2. The molecule has 0 radical (unpaired) electrons. The van der Waals surface area contributed by atoms with Gasteiger partial charge in [-0.1, -0.05) is 20.4 Å². The van der Waals surface area contributed by atoms with Gasteiger partial charge in [0.05, 0.1) is 18.8 Å². The molecule has 0 aromatic rings. The Morgan fingerprint density at radius 1 is 1.00 bits per heavy atom. The van der Waals surface area contributed by atoms with Crippen LogP contribution in [0.4, 0.5) is 43.9 Å². The fourth-order valence-electron chi connectivity index (χ4n) is 2.44. The Kier molecular flexibility index (Phi) is 10.6. The molecule has 0 aliphatic heterocycles. The smallest absolute Gasteiger partial charge is 0.426 e. The Balaban J connectivity index is 5.24. The van der Waals surface area contributed by atoms with E-state index < -0.39 is 95.3 Å². The molecule has 0 heterocycles. The highest BCUT2D eigenvalue weighted by atomic mass is 32.2. The summed E-state index contributed by atoms with van der Waals surface area (Å²) in [6, 6.07) is 0. The van der Waals surface area contributed by atoms with Gasteiger partial charge in [0.25, 0.3) is 5.60 Å². The minimum Gasteiger partial charge on any atom is -0.743 e. The van der Waals surface area contributed by atoms with E-state index in [1.54, 1.807) is 0 Å². The summed E-state index contributed by atoms with van der Waals surface area (Å²) >= 11 is 0. The van der Waals surface area contributed by atoms with E-state index >= 15 is 0 Å². The van der Waals surface area contributed by atoms with E-state index in [0.717, 1.165) is 0 Å². The van der Waals surface area contributed by atoms with Gasteiger partial charge in [-0.25, -0.2) is 13.2 Å². The second-order valence-corrected chi connectivity index (χ2v) is 9.22. The zero-order chi connectivity index (χ0) is 28.3. The van der Waals surface area contributed by atoms with Crippen LogP contribution in [0.5, 0.6) is 0 Å². The quantitative estimate of drug-likeness (QED) is 0.120. The number of rotatable bonds is 13. The summed E-state index contributed by atoms with van der Waals surface area (Å²) < 4.78 is 170. The Labute approximate surface area is 192 Å². The zero-order valence-electron chi connectivity index (χ0n) is 18.0. The number of alkyl halides is 10. The summed E-state index contributed by atoms with van der Waals surface area (Å²) in [4.78, 5) is 12.0. The lowest BCUT2D eigenvalue weighted by Gasteiger charge is -2.35. The average molecular weight is 559 g/mol. The Bertz CT molecular complexity index is 836. The molecule has 0 aliphatic rings. The van der Waals surface area contributed by atoms with Crippen molar-refractivity contribution in [1.29, 1.82) is 0 Å². The number of hydrogen-bond acceptors (Lipinski definition) is 7. The molecule has 35 heavy (non-hydrogen) atoms. The lowest BCUT2D eigenvalue weighted by molar-refractivity contribution is -0.374. The highest BCUT2D eigenvalue weighted by molar-refractivity contribution is 7.86. The number of hydrogen-bond donors (Lipinski definition) is 1. The highest BCUT2D eigenvalue weighted by Gasteiger charge is 2.71. The van der Waals surface area contributed by atoms with Gasteiger partial charge in [-0.3, -0.25) is 0 Å². The van der Waals surface area contributed by atoms with Gasteiger partial charge in [0.1, 0.15) is 6.10 Å². The molecule has 18 heteroatoms. The lowest BCUT2D eigenvalue weighted by Crippen LogP contribution is -2.58. The van der Waals surface area contributed by atoms with E-state index in [4.69, 9.17) is 0 Å². The van der Waals surface area contributed by atoms with E-state index in [9.17, 15) is 66.8 Å². The minimum atomic E-state index is -6.75. The largest absolute Gasteiger partial charge is 0.743 e. The zero-order valence-corrected chi connectivity index (χ0v) is 18.8.